The minimum atomic E-state index is -3.99. The first-order valence-electron chi connectivity index (χ1n) is 3.06. The highest BCUT2D eigenvalue weighted by Crippen LogP contribution is 2.35. The standard InChI is InChI=1S/C5H4Cl2O4S3/c1-13(8,9)4-2-3(5(6)12-4)14(7,10)11/h2H,1H3. The number of rotatable bonds is 2. The van der Waals surface area contributed by atoms with E-state index in [0.29, 0.717) is 11.3 Å². The Labute approximate surface area is 94.8 Å². The Bertz CT molecular complexity index is 554. The molecule has 14 heavy (non-hydrogen) atoms. The second kappa shape index (κ2) is 3.64. The molecule has 0 amide bonds. The van der Waals surface area contributed by atoms with Crippen molar-refractivity contribution in [3.05, 3.63) is 10.4 Å². The van der Waals surface area contributed by atoms with Gasteiger partial charge in [-0.25, -0.2) is 16.8 Å². The summed E-state index contributed by atoms with van der Waals surface area (Å²) in [5.74, 6) is 0. The number of thiophene rings is 1. The first kappa shape index (κ1) is 12.3. The van der Waals surface area contributed by atoms with Crippen molar-refractivity contribution in [2.45, 2.75) is 9.10 Å². The fourth-order valence-corrected chi connectivity index (χ4v) is 4.80. The number of sulfone groups is 1. The molecule has 0 aliphatic rings. The van der Waals surface area contributed by atoms with Crippen LogP contribution in [0.1, 0.15) is 0 Å². The number of hydrogen-bond donors (Lipinski definition) is 0. The molecule has 0 fully saturated rings. The van der Waals surface area contributed by atoms with Crippen LogP contribution in [0.4, 0.5) is 0 Å². The van der Waals surface area contributed by atoms with Crippen molar-refractivity contribution in [1.29, 1.82) is 0 Å². The third kappa shape index (κ3) is 2.60. The molecular weight excluding hydrogens is 291 g/mol. The molecule has 0 aliphatic carbocycles. The quantitative estimate of drug-likeness (QED) is 0.779. The van der Waals surface area contributed by atoms with E-state index in [1.165, 1.54) is 0 Å². The predicted octanol–water partition coefficient (Wildman–Crippen LogP) is 1.73. The normalized spacial score (nSPS) is 13.1. The van der Waals surface area contributed by atoms with Crippen LogP contribution in [0.25, 0.3) is 0 Å². The van der Waals surface area contributed by atoms with Crippen LogP contribution in [0.5, 0.6) is 0 Å². The summed E-state index contributed by atoms with van der Waals surface area (Å²) in [6, 6.07) is 0.949. The number of halogens is 2. The van der Waals surface area contributed by atoms with Gasteiger partial charge in [0.05, 0.1) is 0 Å². The molecule has 1 aromatic rings. The third-order valence-electron chi connectivity index (χ3n) is 1.26. The highest BCUT2D eigenvalue weighted by molar-refractivity contribution is 8.14. The molecule has 0 aliphatic heterocycles. The molecule has 0 N–H and O–H groups in total. The molecule has 0 spiro atoms. The van der Waals surface area contributed by atoms with Crippen molar-refractivity contribution in [1.82, 2.24) is 0 Å². The van der Waals surface area contributed by atoms with Gasteiger partial charge in [0.25, 0.3) is 9.05 Å². The summed E-state index contributed by atoms with van der Waals surface area (Å²) in [7, 11) is -2.41. The summed E-state index contributed by atoms with van der Waals surface area (Å²) in [6.45, 7) is 0. The van der Waals surface area contributed by atoms with Crippen molar-refractivity contribution in [3.63, 3.8) is 0 Å². The summed E-state index contributed by atoms with van der Waals surface area (Å²) >= 11 is 6.19. The van der Waals surface area contributed by atoms with E-state index in [4.69, 9.17) is 22.3 Å². The molecule has 1 heterocycles. The van der Waals surface area contributed by atoms with Crippen LogP contribution in [-0.2, 0) is 18.9 Å². The molecule has 1 rings (SSSR count). The Kier molecular flexibility index (Phi) is 3.18. The van der Waals surface area contributed by atoms with E-state index in [1.54, 1.807) is 0 Å². The van der Waals surface area contributed by atoms with Gasteiger partial charge in [0.2, 0.25) is 0 Å². The van der Waals surface area contributed by atoms with Crippen molar-refractivity contribution < 1.29 is 16.8 Å². The summed E-state index contributed by atoms with van der Waals surface area (Å²) < 4.78 is 43.6. The van der Waals surface area contributed by atoms with Crippen LogP contribution in [0.2, 0.25) is 4.34 Å². The molecule has 0 unspecified atom stereocenters. The van der Waals surface area contributed by atoms with Gasteiger partial charge >= 0.3 is 0 Å². The average Bonchev–Trinajstić information content (AvgIpc) is 2.27. The Morgan fingerprint density at radius 3 is 2.00 bits per heavy atom. The second-order valence-corrected chi connectivity index (χ2v) is 8.84. The maximum absolute atomic E-state index is 11.0. The lowest BCUT2D eigenvalue weighted by Gasteiger charge is -1.88. The molecule has 1 aromatic heterocycles. The Morgan fingerprint density at radius 1 is 1.29 bits per heavy atom. The minimum Gasteiger partial charge on any atom is -0.223 e. The Balaban J connectivity index is 3.49. The topological polar surface area (TPSA) is 68.3 Å². The van der Waals surface area contributed by atoms with Gasteiger partial charge in [0.15, 0.2) is 9.84 Å². The van der Waals surface area contributed by atoms with E-state index in [9.17, 15) is 16.8 Å². The van der Waals surface area contributed by atoms with E-state index < -0.39 is 18.9 Å². The Morgan fingerprint density at radius 2 is 1.79 bits per heavy atom. The molecule has 0 saturated carbocycles. The maximum Gasteiger partial charge on any atom is 0.263 e. The smallest absolute Gasteiger partial charge is 0.223 e. The van der Waals surface area contributed by atoms with Crippen LogP contribution in [0, 0.1) is 0 Å². The zero-order chi connectivity index (χ0) is 11.1. The largest absolute Gasteiger partial charge is 0.263 e. The van der Waals surface area contributed by atoms with Crippen molar-refractivity contribution >= 4 is 52.5 Å². The zero-order valence-electron chi connectivity index (χ0n) is 6.69. The summed E-state index contributed by atoms with van der Waals surface area (Å²) in [4.78, 5) is -0.369. The van der Waals surface area contributed by atoms with Crippen LogP contribution >= 0.6 is 33.6 Å². The highest BCUT2D eigenvalue weighted by Gasteiger charge is 2.22. The monoisotopic (exact) mass is 294 g/mol. The first-order valence-corrected chi connectivity index (χ1v) is 8.46. The van der Waals surface area contributed by atoms with E-state index in [2.05, 4.69) is 0 Å². The fourth-order valence-electron chi connectivity index (χ4n) is 0.681. The average molecular weight is 295 g/mol. The molecule has 4 nitrogen and oxygen atoms in total. The molecule has 9 heteroatoms. The van der Waals surface area contributed by atoms with Gasteiger partial charge in [-0.05, 0) is 6.07 Å². The van der Waals surface area contributed by atoms with Gasteiger partial charge in [-0.2, -0.15) is 0 Å². The lowest BCUT2D eigenvalue weighted by molar-refractivity contribution is 0.603. The minimum absolute atomic E-state index is 0.123. The predicted molar refractivity (Wildman–Crippen MR) is 55.5 cm³/mol. The van der Waals surface area contributed by atoms with Gasteiger partial charge in [-0.3, -0.25) is 0 Å². The second-order valence-electron chi connectivity index (χ2n) is 2.41. The molecule has 0 bridgehead atoms. The SMILES string of the molecule is CS(=O)(=O)c1cc(S(=O)(=O)Cl)c(Cl)s1. The van der Waals surface area contributed by atoms with E-state index >= 15 is 0 Å². The van der Waals surface area contributed by atoms with Crippen LogP contribution in [-0.4, -0.2) is 23.1 Å². The summed E-state index contributed by atoms with van der Waals surface area (Å²) in [5, 5.41) is 0. The van der Waals surface area contributed by atoms with Gasteiger partial charge in [-0.15, -0.1) is 11.3 Å². The molecule has 0 atom stereocenters. The van der Waals surface area contributed by atoms with E-state index in [1.807, 2.05) is 0 Å². The van der Waals surface area contributed by atoms with Crippen molar-refractivity contribution in [3.8, 4) is 0 Å². The molecule has 0 radical (unpaired) electrons. The number of hydrogen-bond acceptors (Lipinski definition) is 5. The van der Waals surface area contributed by atoms with Crippen LogP contribution < -0.4 is 0 Å². The lowest BCUT2D eigenvalue weighted by atomic mass is 10.7. The molecule has 0 saturated heterocycles. The van der Waals surface area contributed by atoms with Crippen LogP contribution in [0.15, 0.2) is 15.2 Å². The van der Waals surface area contributed by atoms with Crippen molar-refractivity contribution in [2.24, 2.45) is 0 Å². The summed E-state index contributed by atoms with van der Waals surface area (Å²) in [5.41, 5.74) is 0. The first-order chi connectivity index (χ1) is 6.12. The third-order valence-corrected chi connectivity index (χ3v) is 6.01. The van der Waals surface area contributed by atoms with Crippen molar-refractivity contribution in [2.75, 3.05) is 6.26 Å². The zero-order valence-corrected chi connectivity index (χ0v) is 10.7. The van der Waals surface area contributed by atoms with Crippen LogP contribution in [0.3, 0.4) is 0 Å². The maximum atomic E-state index is 11.0. The summed E-state index contributed by atoms with van der Waals surface area (Å²) in [6.07, 6.45) is 0.958. The van der Waals surface area contributed by atoms with Gasteiger partial charge in [0.1, 0.15) is 13.4 Å². The van der Waals surface area contributed by atoms with Gasteiger partial charge in [-0.1, -0.05) is 11.6 Å². The molecule has 80 valence electrons. The Hall–Kier alpha value is 0.180. The van der Waals surface area contributed by atoms with E-state index in [-0.39, 0.29) is 13.4 Å². The van der Waals surface area contributed by atoms with Gasteiger partial charge < -0.3 is 0 Å². The van der Waals surface area contributed by atoms with E-state index in [0.717, 1.165) is 12.3 Å². The molecular formula is C5H4Cl2O4S3. The lowest BCUT2D eigenvalue weighted by Crippen LogP contribution is -1.93. The van der Waals surface area contributed by atoms with Gasteiger partial charge in [0, 0.05) is 16.9 Å². The highest BCUT2D eigenvalue weighted by atomic mass is 35.7. The fraction of sp³-hybridized carbons (Fsp3) is 0.200. The molecule has 0 aromatic carbocycles.